The molecule has 5 aliphatic heterocycles. The molecule has 3 atom stereocenters. The van der Waals surface area contributed by atoms with Gasteiger partial charge in [-0.2, -0.15) is 9.97 Å². The Labute approximate surface area is 251 Å². The first-order valence-corrected chi connectivity index (χ1v) is 15.6. The fourth-order valence-corrected chi connectivity index (χ4v) is 6.69. The fraction of sp³-hybridized carbons (Fsp3) is 0.724. The number of esters is 1. The maximum Gasteiger partial charge on any atom is 0.410 e. The number of hydrogen-bond donors (Lipinski definition) is 0. The second-order valence-corrected chi connectivity index (χ2v) is 11.7. The second kappa shape index (κ2) is 12.9. The minimum absolute atomic E-state index is 0.183. The van der Waals surface area contributed by atoms with Crippen LogP contribution in [0.1, 0.15) is 45.4 Å². The summed E-state index contributed by atoms with van der Waals surface area (Å²) < 4.78 is 16.1. The molecule has 0 radical (unpaired) electrons. The van der Waals surface area contributed by atoms with Crippen molar-refractivity contribution in [1.29, 1.82) is 0 Å². The van der Waals surface area contributed by atoms with Crippen LogP contribution in [0.5, 0.6) is 0 Å². The molecule has 43 heavy (non-hydrogen) atoms. The van der Waals surface area contributed by atoms with Crippen molar-refractivity contribution in [2.45, 2.75) is 63.7 Å². The number of amides is 2. The molecule has 14 heteroatoms. The van der Waals surface area contributed by atoms with Crippen molar-refractivity contribution in [2.75, 3.05) is 86.8 Å². The highest BCUT2D eigenvalue weighted by Gasteiger charge is 2.52. The number of piperazine rings is 1. The van der Waals surface area contributed by atoms with Crippen molar-refractivity contribution < 1.29 is 33.4 Å². The van der Waals surface area contributed by atoms with E-state index in [0.717, 1.165) is 69.4 Å². The van der Waals surface area contributed by atoms with E-state index in [0.29, 0.717) is 45.6 Å². The van der Waals surface area contributed by atoms with Crippen molar-refractivity contribution in [3.05, 3.63) is 6.07 Å². The molecule has 0 aliphatic carbocycles. The molecule has 1 aromatic rings. The van der Waals surface area contributed by atoms with Crippen LogP contribution in [-0.2, 0) is 28.6 Å². The molecule has 6 heterocycles. The monoisotopic (exact) mass is 599 g/mol. The molecular formula is C29H41N7O7. The summed E-state index contributed by atoms with van der Waals surface area (Å²) in [5.74, 6) is 0.819. The number of hydrogen-bond acceptors (Lipinski definition) is 12. The third kappa shape index (κ3) is 6.20. The molecule has 0 bridgehead atoms. The Hall–Kier alpha value is -3.68. The number of carbonyl (C=O) groups excluding carboxylic acids is 4. The van der Waals surface area contributed by atoms with Crippen LogP contribution in [-0.4, -0.2) is 134 Å². The Bertz CT molecular complexity index is 1180. The summed E-state index contributed by atoms with van der Waals surface area (Å²) in [7, 11) is 0. The van der Waals surface area contributed by atoms with E-state index < -0.39 is 42.7 Å². The Morgan fingerprint density at radius 1 is 0.837 bits per heavy atom. The zero-order valence-corrected chi connectivity index (χ0v) is 24.8. The molecule has 0 N–H and O–H groups in total. The standard InChI is InChI=1S/C29H41N7O7/c1-2-41-26-24(38)25(20-8-7-13-36(20)27(26)39)43-23(37)19-42-29(40)35-16-14-33(15-17-35)22-18-21(32-9-3-4-10-32)30-28(31-22)34-11-5-6-12-34/h18,20,25-26H,2-17,19H2,1H3. The Kier molecular flexibility index (Phi) is 8.82. The average molecular weight is 600 g/mol. The number of Topliss-reactive ketones (excluding diaryl/α,β-unsaturated/α-hetero) is 1. The van der Waals surface area contributed by atoms with Crippen molar-refractivity contribution in [1.82, 2.24) is 19.8 Å². The number of rotatable bonds is 8. The van der Waals surface area contributed by atoms with Crippen molar-refractivity contribution in [3.8, 4) is 0 Å². The molecule has 5 saturated heterocycles. The SMILES string of the molecule is CCOC1C(=O)C(OC(=O)COC(=O)N2CCN(c3cc(N4CCCC4)nc(N4CCCC4)n3)CC2)C2CCCN2C1=O. The lowest BCUT2D eigenvalue weighted by Gasteiger charge is -2.38. The molecular weight excluding hydrogens is 558 g/mol. The first-order chi connectivity index (χ1) is 20.9. The number of anilines is 3. The van der Waals surface area contributed by atoms with Crippen molar-refractivity contribution >= 4 is 41.3 Å². The minimum atomic E-state index is -1.27. The van der Waals surface area contributed by atoms with Crippen LogP contribution in [0.4, 0.5) is 22.4 Å². The van der Waals surface area contributed by atoms with Gasteiger partial charge in [0.25, 0.3) is 5.91 Å². The summed E-state index contributed by atoms with van der Waals surface area (Å²) in [6.07, 6.45) is 2.87. The third-order valence-corrected chi connectivity index (χ3v) is 8.97. The number of ether oxygens (including phenoxy) is 3. The largest absolute Gasteiger partial charge is 0.449 e. The van der Waals surface area contributed by atoms with E-state index in [1.807, 2.05) is 0 Å². The number of carbonyl (C=O) groups is 4. The van der Waals surface area contributed by atoms with E-state index in [1.165, 1.54) is 0 Å². The van der Waals surface area contributed by atoms with Crippen molar-refractivity contribution in [3.63, 3.8) is 0 Å². The summed E-state index contributed by atoms with van der Waals surface area (Å²) in [5.41, 5.74) is 0. The molecule has 234 valence electrons. The summed E-state index contributed by atoms with van der Waals surface area (Å²) in [5, 5.41) is 0. The van der Waals surface area contributed by atoms with Crippen LogP contribution in [0.3, 0.4) is 0 Å². The van der Waals surface area contributed by atoms with Gasteiger partial charge in [0.1, 0.15) is 11.6 Å². The second-order valence-electron chi connectivity index (χ2n) is 11.7. The molecule has 5 aliphatic rings. The number of piperidine rings is 1. The molecule has 0 spiro atoms. The van der Waals surface area contributed by atoms with E-state index >= 15 is 0 Å². The Morgan fingerprint density at radius 2 is 1.47 bits per heavy atom. The van der Waals surface area contributed by atoms with Gasteiger partial charge in [-0.3, -0.25) is 9.59 Å². The lowest BCUT2D eigenvalue weighted by atomic mass is 9.95. The summed E-state index contributed by atoms with van der Waals surface area (Å²) in [4.78, 5) is 70.7. The van der Waals surface area contributed by atoms with Gasteiger partial charge in [0.2, 0.25) is 11.7 Å². The van der Waals surface area contributed by atoms with Gasteiger partial charge in [-0.15, -0.1) is 0 Å². The van der Waals surface area contributed by atoms with E-state index in [2.05, 4.69) is 20.8 Å². The molecule has 2 amide bonds. The molecule has 14 nitrogen and oxygen atoms in total. The highest BCUT2D eigenvalue weighted by atomic mass is 16.6. The summed E-state index contributed by atoms with van der Waals surface area (Å²) in [6, 6.07) is 1.54. The van der Waals surface area contributed by atoms with Gasteiger partial charge in [0.15, 0.2) is 18.8 Å². The van der Waals surface area contributed by atoms with Crippen LogP contribution in [0, 0.1) is 0 Å². The molecule has 0 aromatic carbocycles. The molecule has 1 aromatic heterocycles. The highest BCUT2D eigenvalue weighted by molar-refractivity contribution is 6.09. The van der Waals surface area contributed by atoms with Crippen LogP contribution < -0.4 is 14.7 Å². The smallest absolute Gasteiger partial charge is 0.410 e. The third-order valence-electron chi connectivity index (χ3n) is 8.97. The Morgan fingerprint density at radius 3 is 2.12 bits per heavy atom. The maximum absolute atomic E-state index is 12.9. The fourth-order valence-electron chi connectivity index (χ4n) is 6.69. The first kappa shape index (κ1) is 29.4. The summed E-state index contributed by atoms with van der Waals surface area (Å²) in [6.45, 7) is 7.62. The number of fused-ring (bicyclic) bond motifs is 1. The van der Waals surface area contributed by atoms with Gasteiger partial charge in [-0.05, 0) is 45.4 Å². The topological polar surface area (TPSA) is 138 Å². The average Bonchev–Trinajstić information content (AvgIpc) is 3.83. The molecule has 5 fully saturated rings. The van der Waals surface area contributed by atoms with E-state index in [1.54, 1.807) is 16.7 Å². The molecule has 6 rings (SSSR count). The zero-order valence-electron chi connectivity index (χ0n) is 24.8. The van der Waals surface area contributed by atoms with E-state index in [4.69, 9.17) is 24.2 Å². The lowest BCUT2D eigenvalue weighted by molar-refractivity contribution is -0.178. The van der Waals surface area contributed by atoms with Gasteiger partial charge < -0.3 is 38.7 Å². The van der Waals surface area contributed by atoms with Crippen LogP contribution in [0.25, 0.3) is 0 Å². The van der Waals surface area contributed by atoms with E-state index in [-0.39, 0.29) is 12.5 Å². The van der Waals surface area contributed by atoms with Crippen molar-refractivity contribution in [2.24, 2.45) is 0 Å². The maximum atomic E-state index is 12.9. The highest BCUT2D eigenvalue weighted by Crippen LogP contribution is 2.30. The zero-order chi connectivity index (χ0) is 29.9. The van der Waals surface area contributed by atoms with Crippen LogP contribution >= 0.6 is 0 Å². The predicted molar refractivity (Wildman–Crippen MR) is 155 cm³/mol. The lowest BCUT2D eigenvalue weighted by Crippen LogP contribution is -2.62. The summed E-state index contributed by atoms with van der Waals surface area (Å²) >= 11 is 0. The van der Waals surface area contributed by atoms with Crippen LogP contribution in [0.2, 0.25) is 0 Å². The predicted octanol–water partition coefficient (Wildman–Crippen LogP) is 0.826. The van der Waals surface area contributed by atoms with Gasteiger partial charge in [-0.1, -0.05) is 0 Å². The van der Waals surface area contributed by atoms with Gasteiger partial charge in [0.05, 0.1) is 6.04 Å². The Balaban J connectivity index is 1.02. The normalized spacial score (nSPS) is 25.9. The number of aromatic nitrogens is 2. The molecule has 0 saturated carbocycles. The number of ketones is 1. The molecule has 3 unspecified atom stereocenters. The first-order valence-electron chi connectivity index (χ1n) is 15.6. The quantitative estimate of drug-likeness (QED) is 0.309. The number of nitrogens with zero attached hydrogens (tertiary/aromatic N) is 7. The minimum Gasteiger partial charge on any atom is -0.449 e. The van der Waals surface area contributed by atoms with Gasteiger partial charge in [-0.25, -0.2) is 9.59 Å². The van der Waals surface area contributed by atoms with Crippen LogP contribution in [0.15, 0.2) is 6.07 Å². The van der Waals surface area contributed by atoms with E-state index in [9.17, 15) is 19.2 Å². The van der Waals surface area contributed by atoms with Gasteiger partial charge in [0, 0.05) is 71.6 Å². The van der Waals surface area contributed by atoms with Gasteiger partial charge >= 0.3 is 12.1 Å².